The SMILES string of the molecule is Cc1ccc(N2CCC(C(C)C)C(C)(C)C2)nn1. The van der Waals surface area contributed by atoms with Crippen molar-refractivity contribution in [3.05, 3.63) is 17.8 Å². The molecule has 0 bridgehead atoms. The predicted octanol–water partition coefficient (Wildman–Crippen LogP) is 3.29. The van der Waals surface area contributed by atoms with Gasteiger partial charge in [0.2, 0.25) is 0 Å². The first-order valence-corrected chi connectivity index (χ1v) is 6.95. The van der Waals surface area contributed by atoms with E-state index in [0.717, 1.165) is 36.4 Å². The van der Waals surface area contributed by atoms with E-state index in [1.807, 2.05) is 13.0 Å². The molecule has 0 aliphatic carbocycles. The van der Waals surface area contributed by atoms with Crippen LogP contribution in [-0.4, -0.2) is 23.3 Å². The molecule has 1 saturated heterocycles. The Labute approximate surface area is 111 Å². The highest BCUT2D eigenvalue weighted by molar-refractivity contribution is 5.38. The molecule has 1 aliphatic heterocycles. The minimum absolute atomic E-state index is 0.346. The highest BCUT2D eigenvalue weighted by Crippen LogP contribution is 2.40. The molecular formula is C15H25N3. The minimum Gasteiger partial charge on any atom is -0.355 e. The standard InChI is InChI=1S/C15H25N3/c1-11(2)13-8-9-18(10-15(13,4)5)14-7-6-12(3)16-17-14/h6-7,11,13H,8-10H2,1-5H3. The molecule has 0 spiro atoms. The lowest BCUT2D eigenvalue weighted by Crippen LogP contribution is -2.47. The molecule has 1 unspecified atom stereocenters. The van der Waals surface area contributed by atoms with Crippen LogP contribution in [0.25, 0.3) is 0 Å². The Hall–Kier alpha value is -1.12. The largest absolute Gasteiger partial charge is 0.355 e. The fourth-order valence-electron chi connectivity index (χ4n) is 3.37. The van der Waals surface area contributed by atoms with Crippen LogP contribution in [0.3, 0.4) is 0 Å². The third kappa shape index (κ3) is 2.65. The van der Waals surface area contributed by atoms with E-state index >= 15 is 0 Å². The smallest absolute Gasteiger partial charge is 0.151 e. The predicted molar refractivity (Wildman–Crippen MR) is 75.7 cm³/mol. The van der Waals surface area contributed by atoms with Crippen LogP contribution in [0.5, 0.6) is 0 Å². The molecule has 1 fully saturated rings. The summed E-state index contributed by atoms with van der Waals surface area (Å²) in [4.78, 5) is 2.38. The number of rotatable bonds is 2. The van der Waals surface area contributed by atoms with Gasteiger partial charge in [-0.25, -0.2) is 0 Å². The zero-order valence-electron chi connectivity index (χ0n) is 12.3. The quantitative estimate of drug-likeness (QED) is 0.803. The summed E-state index contributed by atoms with van der Waals surface area (Å²) < 4.78 is 0. The Morgan fingerprint density at radius 1 is 1.28 bits per heavy atom. The van der Waals surface area contributed by atoms with Gasteiger partial charge < -0.3 is 4.90 Å². The molecule has 0 aromatic carbocycles. The molecule has 18 heavy (non-hydrogen) atoms. The van der Waals surface area contributed by atoms with E-state index in [-0.39, 0.29) is 0 Å². The second kappa shape index (κ2) is 4.87. The topological polar surface area (TPSA) is 29.0 Å². The molecule has 2 rings (SSSR count). The Kier molecular flexibility index (Phi) is 3.60. The van der Waals surface area contributed by atoms with Gasteiger partial charge in [-0.15, -0.1) is 5.10 Å². The molecular weight excluding hydrogens is 222 g/mol. The van der Waals surface area contributed by atoms with Crippen LogP contribution in [0.15, 0.2) is 12.1 Å². The molecule has 1 aromatic heterocycles. The molecule has 0 radical (unpaired) electrons. The first-order chi connectivity index (χ1) is 8.40. The fourth-order valence-corrected chi connectivity index (χ4v) is 3.37. The molecule has 3 heteroatoms. The van der Waals surface area contributed by atoms with Gasteiger partial charge in [-0.1, -0.05) is 27.7 Å². The summed E-state index contributed by atoms with van der Waals surface area (Å²) >= 11 is 0. The van der Waals surface area contributed by atoms with Crippen molar-refractivity contribution < 1.29 is 0 Å². The van der Waals surface area contributed by atoms with Crippen molar-refractivity contribution >= 4 is 5.82 Å². The fraction of sp³-hybridized carbons (Fsp3) is 0.733. The third-order valence-electron chi connectivity index (χ3n) is 4.22. The van der Waals surface area contributed by atoms with Gasteiger partial charge in [0.05, 0.1) is 5.69 Å². The summed E-state index contributed by atoms with van der Waals surface area (Å²) in [6.07, 6.45) is 1.25. The monoisotopic (exact) mass is 247 g/mol. The summed E-state index contributed by atoms with van der Waals surface area (Å²) in [5, 5.41) is 8.48. The van der Waals surface area contributed by atoms with Gasteiger partial charge in [-0.2, -0.15) is 5.10 Å². The minimum atomic E-state index is 0.346. The van der Waals surface area contributed by atoms with Crippen molar-refractivity contribution in [2.24, 2.45) is 17.3 Å². The average Bonchev–Trinajstić information content (AvgIpc) is 2.28. The van der Waals surface area contributed by atoms with Crippen LogP contribution in [0, 0.1) is 24.2 Å². The van der Waals surface area contributed by atoms with Crippen molar-refractivity contribution in [3.8, 4) is 0 Å². The Morgan fingerprint density at radius 2 is 2.00 bits per heavy atom. The van der Waals surface area contributed by atoms with Gasteiger partial charge in [0, 0.05) is 13.1 Å². The zero-order chi connectivity index (χ0) is 13.3. The zero-order valence-corrected chi connectivity index (χ0v) is 12.3. The number of hydrogen-bond donors (Lipinski definition) is 0. The van der Waals surface area contributed by atoms with Crippen LogP contribution in [0.2, 0.25) is 0 Å². The van der Waals surface area contributed by atoms with Crippen molar-refractivity contribution in [3.63, 3.8) is 0 Å². The summed E-state index contributed by atoms with van der Waals surface area (Å²) in [5.74, 6) is 2.58. The van der Waals surface area contributed by atoms with E-state index in [0.29, 0.717) is 5.41 Å². The summed E-state index contributed by atoms with van der Waals surface area (Å²) in [6, 6.07) is 4.14. The number of nitrogens with zero attached hydrogens (tertiary/aromatic N) is 3. The normalized spacial score (nSPS) is 23.4. The van der Waals surface area contributed by atoms with Gasteiger partial charge in [0.25, 0.3) is 0 Å². The lowest BCUT2D eigenvalue weighted by molar-refractivity contribution is 0.127. The second-order valence-electron chi connectivity index (χ2n) is 6.58. The molecule has 0 saturated carbocycles. The average molecular weight is 247 g/mol. The van der Waals surface area contributed by atoms with E-state index in [2.05, 4.69) is 48.9 Å². The molecule has 100 valence electrons. The Bertz CT molecular complexity index is 395. The maximum absolute atomic E-state index is 4.31. The van der Waals surface area contributed by atoms with E-state index in [9.17, 15) is 0 Å². The summed E-state index contributed by atoms with van der Waals surface area (Å²) in [6.45, 7) is 13.6. The van der Waals surface area contributed by atoms with E-state index in [1.54, 1.807) is 0 Å². The maximum atomic E-state index is 4.31. The molecule has 1 aromatic rings. The summed E-state index contributed by atoms with van der Waals surface area (Å²) in [7, 11) is 0. The van der Waals surface area contributed by atoms with Gasteiger partial charge in [0.1, 0.15) is 0 Å². The highest BCUT2D eigenvalue weighted by Gasteiger charge is 2.37. The molecule has 1 atom stereocenters. The van der Waals surface area contributed by atoms with Crippen molar-refractivity contribution in [2.45, 2.75) is 41.0 Å². The number of piperidine rings is 1. The number of anilines is 1. The first-order valence-electron chi connectivity index (χ1n) is 6.95. The maximum Gasteiger partial charge on any atom is 0.151 e. The molecule has 0 amide bonds. The Morgan fingerprint density at radius 3 is 2.50 bits per heavy atom. The molecule has 3 nitrogen and oxygen atoms in total. The van der Waals surface area contributed by atoms with Crippen LogP contribution < -0.4 is 4.90 Å². The highest BCUT2D eigenvalue weighted by atomic mass is 15.3. The third-order valence-corrected chi connectivity index (χ3v) is 4.22. The van der Waals surface area contributed by atoms with E-state index in [4.69, 9.17) is 0 Å². The number of aryl methyl sites for hydroxylation is 1. The molecule has 2 heterocycles. The number of aromatic nitrogens is 2. The Balaban J connectivity index is 2.13. The van der Waals surface area contributed by atoms with Crippen LogP contribution in [0.1, 0.15) is 39.8 Å². The number of hydrogen-bond acceptors (Lipinski definition) is 3. The van der Waals surface area contributed by atoms with Gasteiger partial charge in [-0.3, -0.25) is 0 Å². The van der Waals surface area contributed by atoms with Gasteiger partial charge in [-0.05, 0) is 42.7 Å². The van der Waals surface area contributed by atoms with Gasteiger partial charge >= 0.3 is 0 Å². The lowest BCUT2D eigenvalue weighted by atomic mass is 9.69. The van der Waals surface area contributed by atoms with Crippen LogP contribution in [0.4, 0.5) is 5.82 Å². The van der Waals surface area contributed by atoms with E-state index in [1.165, 1.54) is 6.42 Å². The second-order valence-corrected chi connectivity index (χ2v) is 6.58. The van der Waals surface area contributed by atoms with Crippen LogP contribution in [-0.2, 0) is 0 Å². The lowest BCUT2D eigenvalue weighted by Gasteiger charge is -2.46. The van der Waals surface area contributed by atoms with Crippen LogP contribution >= 0.6 is 0 Å². The summed E-state index contributed by atoms with van der Waals surface area (Å²) in [5.41, 5.74) is 1.33. The molecule has 0 N–H and O–H groups in total. The van der Waals surface area contributed by atoms with Crippen molar-refractivity contribution in [1.82, 2.24) is 10.2 Å². The van der Waals surface area contributed by atoms with Crippen molar-refractivity contribution in [1.29, 1.82) is 0 Å². The van der Waals surface area contributed by atoms with Crippen molar-refractivity contribution in [2.75, 3.05) is 18.0 Å². The van der Waals surface area contributed by atoms with Gasteiger partial charge in [0.15, 0.2) is 5.82 Å². The van der Waals surface area contributed by atoms with E-state index < -0.39 is 0 Å². The molecule has 1 aliphatic rings. The first kappa shape index (κ1) is 13.3.